The van der Waals surface area contributed by atoms with Crippen molar-refractivity contribution in [3.05, 3.63) is 94.9 Å². The maximum atomic E-state index is 15.0. The molecule has 0 amide bonds. The van der Waals surface area contributed by atoms with Crippen LogP contribution in [0.1, 0.15) is 31.5 Å². The molecule has 2 aliphatic carbocycles. The second-order valence-corrected chi connectivity index (χ2v) is 10.0. The Bertz CT molecular complexity index is 1630. The first-order valence-corrected chi connectivity index (χ1v) is 12.3. The first-order valence-electron chi connectivity index (χ1n) is 12.3. The van der Waals surface area contributed by atoms with Gasteiger partial charge in [0.25, 0.3) is 5.95 Å². The van der Waals surface area contributed by atoms with Crippen molar-refractivity contribution in [2.75, 3.05) is 0 Å². The highest BCUT2D eigenvalue weighted by atomic mass is 19.1. The molecule has 2 aliphatic rings. The van der Waals surface area contributed by atoms with Crippen LogP contribution in [0.3, 0.4) is 0 Å². The number of benzene rings is 2. The highest BCUT2D eigenvalue weighted by molar-refractivity contribution is 6.00. The highest BCUT2D eigenvalue weighted by Crippen LogP contribution is 2.52. The number of carbonyl (C=O) groups is 1. The number of halogens is 1. The van der Waals surface area contributed by atoms with Gasteiger partial charge in [-0.3, -0.25) is 4.57 Å². The number of rotatable bonds is 3. The summed E-state index contributed by atoms with van der Waals surface area (Å²) in [4.78, 5) is 16.5. The number of aromatic nitrogens is 5. The van der Waals surface area contributed by atoms with Gasteiger partial charge in [0.1, 0.15) is 5.82 Å². The molecule has 37 heavy (non-hydrogen) atoms. The first-order chi connectivity index (χ1) is 17.8. The molecule has 0 saturated carbocycles. The van der Waals surface area contributed by atoms with E-state index in [1.54, 1.807) is 29.0 Å². The van der Waals surface area contributed by atoms with Crippen LogP contribution in [-0.4, -0.2) is 30.3 Å². The normalized spacial score (nSPS) is 22.7. The third-order valence-electron chi connectivity index (χ3n) is 8.00. The van der Waals surface area contributed by atoms with E-state index in [1.165, 1.54) is 6.07 Å². The van der Waals surface area contributed by atoms with Crippen molar-refractivity contribution in [2.24, 2.45) is 18.9 Å². The lowest BCUT2D eigenvalue weighted by Crippen LogP contribution is -2.46. The number of hydrogen-bond donors (Lipinski definition) is 0. The zero-order valence-electron chi connectivity index (χ0n) is 20.8. The molecule has 184 valence electrons. The number of nitrogens with zero attached hydrogens (tertiary/aromatic N) is 6. The van der Waals surface area contributed by atoms with E-state index < -0.39 is 5.41 Å². The predicted molar refractivity (Wildman–Crippen MR) is 137 cm³/mol. The molecule has 6 rings (SSSR count). The average molecular weight is 493 g/mol. The fourth-order valence-corrected chi connectivity index (χ4v) is 6.18. The fraction of sp³-hybridized carbons (Fsp3) is 0.276. The van der Waals surface area contributed by atoms with E-state index in [-0.39, 0.29) is 29.1 Å². The van der Waals surface area contributed by atoms with E-state index in [2.05, 4.69) is 22.0 Å². The summed E-state index contributed by atoms with van der Waals surface area (Å²) in [6.07, 6.45) is 3.17. The Kier molecular flexibility index (Phi) is 5.19. The van der Waals surface area contributed by atoms with Crippen molar-refractivity contribution in [1.82, 2.24) is 24.5 Å². The molecule has 0 fully saturated rings. The molecule has 0 saturated heterocycles. The molecule has 7 nitrogen and oxygen atoms in total. The second-order valence-electron chi connectivity index (χ2n) is 10.0. The first kappa shape index (κ1) is 23.0. The van der Waals surface area contributed by atoms with Crippen molar-refractivity contribution in [3.63, 3.8) is 0 Å². The van der Waals surface area contributed by atoms with Crippen molar-refractivity contribution >= 4 is 5.78 Å². The summed E-state index contributed by atoms with van der Waals surface area (Å²) in [5.41, 5.74) is 3.10. The Hall–Kier alpha value is -4.38. The van der Waals surface area contributed by atoms with E-state index >= 15 is 4.39 Å². The van der Waals surface area contributed by atoms with Crippen LogP contribution in [0.5, 0.6) is 0 Å². The zero-order chi connectivity index (χ0) is 25.9. The molecule has 0 aliphatic heterocycles. The van der Waals surface area contributed by atoms with Crippen LogP contribution in [0, 0.1) is 24.2 Å². The monoisotopic (exact) mass is 492 g/mol. The molecule has 4 aromatic rings. The van der Waals surface area contributed by atoms with Crippen molar-refractivity contribution in [3.8, 4) is 28.6 Å². The number of carbonyl (C=O) groups excluding carboxylic acids is 1. The van der Waals surface area contributed by atoms with Crippen molar-refractivity contribution < 1.29 is 9.18 Å². The predicted octanol–water partition coefficient (Wildman–Crippen LogP) is 5.32. The van der Waals surface area contributed by atoms with E-state index in [0.29, 0.717) is 29.5 Å². The van der Waals surface area contributed by atoms with Gasteiger partial charge in [0.2, 0.25) is 5.70 Å². The number of fused-ring (bicyclic) bond motifs is 3. The molecule has 0 spiro atoms. The minimum Gasteiger partial charge on any atom is -0.308 e. The average Bonchev–Trinajstić information content (AvgIpc) is 3.48. The molecule has 0 N–H and O–H groups in total. The van der Waals surface area contributed by atoms with Gasteiger partial charge in [-0.15, -0.1) is 10.2 Å². The standard InChI is InChI=1S/C29H25FN6O/c1-17-21-15-14-20-24(19-12-8-9-13-22(19)30)34-36(26(20)29(21,2)16-23(31-3)25(17)37)28-33-32-27(35(28)4)18-10-6-5-7-11-18/h5-13,16-17,21H,14-15H2,1-2,4H3/t17-,21-,29-/m1/s1. The van der Waals surface area contributed by atoms with Gasteiger partial charge in [0.15, 0.2) is 11.6 Å². The number of ketones is 1. The SMILES string of the molecule is [C-]#[N+]C1=C[C@@]2(C)c3c(c(-c4ccccc4F)nn3-c3nnc(-c4ccccc4)n3C)CC[C@@H]2[C@@H](C)C1=O. The third kappa shape index (κ3) is 3.30. The van der Waals surface area contributed by atoms with Crippen molar-refractivity contribution in [2.45, 2.75) is 32.1 Å². The summed E-state index contributed by atoms with van der Waals surface area (Å²) in [5.74, 6) is 0.355. The van der Waals surface area contributed by atoms with Gasteiger partial charge in [0.05, 0.1) is 18.0 Å². The van der Waals surface area contributed by atoms with Crippen molar-refractivity contribution in [1.29, 1.82) is 0 Å². The third-order valence-corrected chi connectivity index (χ3v) is 8.00. The van der Waals surface area contributed by atoms with Crippen LogP contribution in [0.2, 0.25) is 0 Å². The maximum Gasteiger partial charge on any atom is 0.252 e. The van der Waals surface area contributed by atoms with E-state index in [1.807, 2.05) is 48.9 Å². The lowest BCUT2D eigenvalue weighted by molar-refractivity contribution is -0.121. The second kappa shape index (κ2) is 8.34. The van der Waals surface area contributed by atoms with E-state index in [0.717, 1.165) is 23.2 Å². The minimum atomic E-state index is -0.670. The summed E-state index contributed by atoms with van der Waals surface area (Å²) in [6, 6.07) is 16.4. The largest absolute Gasteiger partial charge is 0.308 e. The smallest absolute Gasteiger partial charge is 0.252 e. The fourth-order valence-electron chi connectivity index (χ4n) is 6.18. The van der Waals surface area contributed by atoms with Gasteiger partial charge in [-0.05, 0) is 30.9 Å². The molecule has 3 atom stereocenters. The summed E-state index contributed by atoms with van der Waals surface area (Å²) < 4.78 is 18.7. The van der Waals surface area contributed by atoms with Crippen LogP contribution >= 0.6 is 0 Å². The summed E-state index contributed by atoms with van der Waals surface area (Å²) in [5, 5.41) is 13.9. The molecule has 8 heteroatoms. The Morgan fingerprint density at radius 2 is 1.84 bits per heavy atom. The molecule has 0 radical (unpaired) electrons. The quantitative estimate of drug-likeness (QED) is 0.363. The molecule has 0 bridgehead atoms. The van der Waals surface area contributed by atoms with Gasteiger partial charge >= 0.3 is 0 Å². The Morgan fingerprint density at radius 3 is 2.57 bits per heavy atom. The number of allylic oxidation sites excluding steroid dienone is 2. The lowest BCUT2D eigenvalue weighted by Gasteiger charge is -2.45. The molecular weight excluding hydrogens is 467 g/mol. The molecule has 2 heterocycles. The number of hydrogen-bond acceptors (Lipinski definition) is 4. The molecular formula is C29H25FN6O. The van der Waals surface area contributed by atoms with E-state index in [4.69, 9.17) is 11.7 Å². The number of Topliss-reactive ketones (excluding diaryl/α,β-unsaturated/α-hetero) is 1. The van der Waals surface area contributed by atoms with E-state index in [9.17, 15) is 4.79 Å². The van der Waals surface area contributed by atoms with Gasteiger partial charge in [-0.2, -0.15) is 5.10 Å². The van der Waals surface area contributed by atoms with Crippen LogP contribution in [0.4, 0.5) is 4.39 Å². The van der Waals surface area contributed by atoms with Crippen LogP contribution < -0.4 is 0 Å². The summed E-state index contributed by atoms with van der Waals surface area (Å²) >= 11 is 0. The summed E-state index contributed by atoms with van der Waals surface area (Å²) in [6.45, 7) is 11.6. The van der Waals surface area contributed by atoms with Gasteiger partial charge < -0.3 is 4.79 Å². The summed E-state index contributed by atoms with van der Waals surface area (Å²) in [7, 11) is 1.88. The van der Waals surface area contributed by atoms with Gasteiger partial charge in [0, 0.05) is 35.1 Å². The van der Waals surface area contributed by atoms with Crippen LogP contribution in [0.15, 0.2) is 66.4 Å². The lowest BCUT2D eigenvalue weighted by atomic mass is 9.58. The Labute approximate surface area is 214 Å². The molecule has 2 aromatic heterocycles. The zero-order valence-corrected chi connectivity index (χ0v) is 20.8. The Balaban J connectivity index is 1.65. The Morgan fingerprint density at radius 1 is 1.11 bits per heavy atom. The van der Waals surface area contributed by atoms with Crippen LogP contribution in [-0.2, 0) is 23.7 Å². The topological polar surface area (TPSA) is 70.0 Å². The van der Waals surface area contributed by atoms with Crippen LogP contribution in [0.25, 0.3) is 33.4 Å². The van der Waals surface area contributed by atoms with Gasteiger partial charge in [-0.25, -0.2) is 13.9 Å². The minimum absolute atomic E-state index is 0.0243. The van der Waals surface area contributed by atoms with Gasteiger partial charge in [-0.1, -0.05) is 62.4 Å². The molecule has 2 aromatic carbocycles. The molecule has 0 unspecified atom stereocenters. The highest BCUT2D eigenvalue weighted by Gasteiger charge is 2.51. The maximum absolute atomic E-state index is 15.0.